The van der Waals surface area contributed by atoms with Crippen molar-refractivity contribution in [2.75, 3.05) is 12.4 Å². The molecule has 8 nitrogen and oxygen atoms in total. The van der Waals surface area contributed by atoms with Crippen molar-refractivity contribution in [1.29, 1.82) is 0 Å². The van der Waals surface area contributed by atoms with Gasteiger partial charge in [-0.2, -0.15) is 5.10 Å². The third-order valence-electron chi connectivity index (χ3n) is 4.84. The molecular formula is C23H21N3O5. The third-order valence-corrected chi connectivity index (χ3v) is 4.84. The van der Waals surface area contributed by atoms with Gasteiger partial charge in [-0.15, -0.1) is 0 Å². The van der Waals surface area contributed by atoms with Crippen LogP contribution in [0.25, 0.3) is 21.9 Å². The van der Waals surface area contributed by atoms with Gasteiger partial charge < -0.3 is 18.9 Å². The molecule has 2 aromatic carbocycles. The number of aryl methyl sites for hydroxylation is 1. The maximum Gasteiger partial charge on any atom is 0.274 e. The highest BCUT2D eigenvalue weighted by Crippen LogP contribution is 2.36. The molecule has 0 fully saturated rings. The second-order valence-electron chi connectivity index (χ2n) is 7.05. The third kappa shape index (κ3) is 4.13. The zero-order chi connectivity index (χ0) is 22.0. The Kier molecular flexibility index (Phi) is 5.44. The van der Waals surface area contributed by atoms with Crippen LogP contribution in [-0.2, 0) is 4.79 Å². The Hall–Kier alpha value is -4.07. The summed E-state index contributed by atoms with van der Waals surface area (Å²) in [5.41, 5.74) is 5.15. The first-order valence-electron chi connectivity index (χ1n) is 9.63. The van der Waals surface area contributed by atoms with Crippen LogP contribution in [0.15, 0.2) is 62.7 Å². The summed E-state index contributed by atoms with van der Waals surface area (Å²) in [6.45, 7) is 3.34. The first-order valence-corrected chi connectivity index (χ1v) is 9.63. The van der Waals surface area contributed by atoms with Crippen molar-refractivity contribution in [1.82, 2.24) is 5.43 Å². The van der Waals surface area contributed by atoms with E-state index >= 15 is 0 Å². The van der Waals surface area contributed by atoms with Gasteiger partial charge in [-0.05, 0) is 32.0 Å². The minimum absolute atomic E-state index is 0.00797. The van der Waals surface area contributed by atoms with E-state index in [1.807, 2.05) is 30.3 Å². The predicted molar refractivity (Wildman–Crippen MR) is 118 cm³/mol. The lowest BCUT2D eigenvalue weighted by molar-refractivity contribution is -0.115. The maximum absolute atomic E-state index is 12.5. The molecule has 0 radical (unpaired) electrons. The molecule has 4 aromatic rings. The lowest BCUT2D eigenvalue weighted by Crippen LogP contribution is -2.21. The fraction of sp³-hybridized carbons (Fsp3) is 0.174. The van der Waals surface area contributed by atoms with Gasteiger partial charge in [-0.25, -0.2) is 5.43 Å². The van der Waals surface area contributed by atoms with Crippen molar-refractivity contribution in [2.45, 2.75) is 20.3 Å². The molecule has 8 heteroatoms. The Labute approximate surface area is 177 Å². The standard InChI is InChI=1S/C23H21N3O5/c1-13(25-26-23(28)15-8-9-30-14(15)2)10-22(27)24-18-12-20-17(11-21(18)29-3)16-6-4-5-7-19(16)31-20/h4-9,11-12H,10H2,1-3H3,(H,24,27)(H,26,28)/b25-13-. The molecule has 4 rings (SSSR count). The molecule has 0 aliphatic rings. The number of anilines is 1. The first kappa shape index (κ1) is 20.2. The van der Waals surface area contributed by atoms with Crippen LogP contribution in [-0.4, -0.2) is 24.6 Å². The smallest absolute Gasteiger partial charge is 0.274 e. The monoisotopic (exact) mass is 419 g/mol. The van der Waals surface area contributed by atoms with E-state index in [-0.39, 0.29) is 12.3 Å². The topological polar surface area (TPSA) is 106 Å². The Morgan fingerprint density at radius 1 is 1.10 bits per heavy atom. The highest BCUT2D eigenvalue weighted by atomic mass is 16.5. The molecule has 0 saturated carbocycles. The second-order valence-corrected chi connectivity index (χ2v) is 7.05. The SMILES string of the molecule is COc1cc2c(cc1NC(=O)C/C(C)=N\NC(=O)c1ccoc1C)oc1ccccc12. The van der Waals surface area contributed by atoms with Gasteiger partial charge in [0.25, 0.3) is 5.91 Å². The number of methoxy groups -OCH3 is 1. The van der Waals surface area contributed by atoms with Crippen molar-refractivity contribution in [3.63, 3.8) is 0 Å². The highest BCUT2D eigenvalue weighted by Gasteiger charge is 2.15. The average molecular weight is 419 g/mol. The zero-order valence-corrected chi connectivity index (χ0v) is 17.3. The number of benzene rings is 2. The lowest BCUT2D eigenvalue weighted by atomic mass is 10.1. The molecule has 0 atom stereocenters. The summed E-state index contributed by atoms with van der Waals surface area (Å²) in [6, 6.07) is 12.8. The number of ether oxygens (including phenoxy) is 1. The molecule has 0 saturated heterocycles. The number of fused-ring (bicyclic) bond motifs is 3. The highest BCUT2D eigenvalue weighted by molar-refractivity contribution is 6.10. The lowest BCUT2D eigenvalue weighted by Gasteiger charge is -2.10. The van der Waals surface area contributed by atoms with Crippen LogP contribution in [0.4, 0.5) is 5.69 Å². The summed E-state index contributed by atoms with van der Waals surface area (Å²) in [6.07, 6.45) is 1.42. The van der Waals surface area contributed by atoms with Crippen LogP contribution in [0.3, 0.4) is 0 Å². The number of nitrogens with zero attached hydrogens (tertiary/aromatic N) is 1. The van der Waals surface area contributed by atoms with Crippen LogP contribution < -0.4 is 15.5 Å². The number of rotatable bonds is 6. The summed E-state index contributed by atoms with van der Waals surface area (Å²) < 4.78 is 16.4. The number of hydrazone groups is 1. The molecule has 0 unspecified atom stereocenters. The fourth-order valence-electron chi connectivity index (χ4n) is 3.31. The number of para-hydroxylation sites is 1. The predicted octanol–water partition coefficient (Wildman–Crippen LogP) is 4.63. The van der Waals surface area contributed by atoms with Crippen LogP contribution in [0, 0.1) is 6.92 Å². The molecule has 0 bridgehead atoms. The van der Waals surface area contributed by atoms with E-state index < -0.39 is 5.91 Å². The Morgan fingerprint density at radius 3 is 2.65 bits per heavy atom. The minimum atomic E-state index is -0.400. The van der Waals surface area contributed by atoms with Gasteiger partial charge in [0.1, 0.15) is 22.7 Å². The van der Waals surface area contributed by atoms with Gasteiger partial charge in [-0.1, -0.05) is 18.2 Å². The summed E-state index contributed by atoms with van der Waals surface area (Å²) in [5.74, 6) is 0.314. The number of nitrogens with one attached hydrogen (secondary N) is 2. The van der Waals surface area contributed by atoms with Gasteiger partial charge in [0.15, 0.2) is 0 Å². The molecular weight excluding hydrogens is 398 g/mol. The number of hydrogen-bond donors (Lipinski definition) is 2. The molecule has 0 spiro atoms. The van der Waals surface area contributed by atoms with Crippen LogP contribution in [0.1, 0.15) is 29.5 Å². The number of carbonyl (C=O) groups excluding carboxylic acids is 2. The number of hydrogen-bond acceptors (Lipinski definition) is 6. The van der Waals surface area contributed by atoms with E-state index in [0.29, 0.717) is 34.1 Å². The number of furan rings is 2. The normalized spacial score (nSPS) is 11.6. The molecule has 2 N–H and O–H groups in total. The molecule has 158 valence electrons. The fourth-order valence-corrected chi connectivity index (χ4v) is 3.31. The molecule has 31 heavy (non-hydrogen) atoms. The quantitative estimate of drug-likeness (QED) is 0.350. The largest absolute Gasteiger partial charge is 0.495 e. The van der Waals surface area contributed by atoms with Crippen molar-refractivity contribution < 1.29 is 23.2 Å². The maximum atomic E-state index is 12.5. The zero-order valence-electron chi connectivity index (χ0n) is 17.3. The van der Waals surface area contributed by atoms with Gasteiger partial charge in [-0.3, -0.25) is 9.59 Å². The van der Waals surface area contributed by atoms with Crippen LogP contribution in [0.5, 0.6) is 5.75 Å². The Balaban J connectivity index is 1.48. The van der Waals surface area contributed by atoms with E-state index in [2.05, 4.69) is 15.8 Å². The van der Waals surface area contributed by atoms with Crippen molar-refractivity contribution in [3.05, 3.63) is 60.1 Å². The first-order chi connectivity index (χ1) is 15.0. The van der Waals surface area contributed by atoms with E-state index in [9.17, 15) is 9.59 Å². The van der Waals surface area contributed by atoms with Crippen LogP contribution >= 0.6 is 0 Å². The summed E-state index contributed by atoms with van der Waals surface area (Å²) in [5, 5.41) is 8.69. The van der Waals surface area contributed by atoms with Gasteiger partial charge >= 0.3 is 0 Å². The van der Waals surface area contributed by atoms with Crippen molar-refractivity contribution >= 4 is 45.2 Å². The van der Waals surface area contributed by atoms with E-state index in [0.717, 1.165) is 16.4 Å². The molecule has 0 aliphatic carbocycles. The minimum Gasteiger partial charge on any atom is -0.495 e. The number of carbonyl (C=O) groups is 2. The molecule has 2 amide bonds. The number of amides is 2. The summed E-state index contributed by atoms with van der Waals surface area (Å²) in [4.78, 5) is 24.6. The van der Waals surface area contributed by atoms with Crippen LogP contribution in [0.2, 0.25) is 0 Å². The molecule has 0 aliphatic heterocycles. The van der Waals surface area contributed by atoms with Crippen molar-refractivity contribution in [3.8, 4) is 5.75 Å². The second kappa shape index (κ2) is 8.35. The van der Waals surface area contributed by atoms with Gasteiger partial charge in [0.05, 0.1) is 31.0 Å². The van der Waals surface area contributed by atoms with Gasteiger partial charge in [0.2, 0.25) is 5.91 Å². The van der Waals surface area contributed by atoms with E-state index in [4.69, 9.17) is 13.6 Å². The Morgan fingerprint density at radius 2 is 1.90 bits per heavy atom. The molecule has 2 aromatic heterocycles. The van der Waals surface area contributed by atoms with Gasteiger partial charge in [0, 0.05) is 22.6 Å². The summed E-state index contributed by atoms with van der Waals surface area (Å²) in [7, 11) is 1.54. The molecule has 2 heterocycles. The average Bonchev–Trinajstić information content (AvgIpc) is 3.34. The van der Waals surface area contributed by atoms with E-state index in [1.54, 1.807) is 33.1 Å². The van der Waals surface area contributed by atoms with E-state index in [1.165, 1.54) is 6.26 Å². The summed E-state index contributed by atoms with van der Waals surface area (Å²) >= 11 is 0. The van der Waals surface area contributed by atoms with Crippen molar-refractivity contribution in [2.24, 2.45) is 5.10 Å². The Bertz CT molecular complexity index is 1320.